The van der Waals surface area contributed by atoms with Crippen LogP contribution in [0.3, 0.4) is 0 Å². The van der Waals surface area contributed by atoms with Crippen LogP contribution in [0.2, 0.25) is 26.6 Å². The van der Waals surface area contributed by atoms with E-state index < -0.39 is 35.6 Å². The van der Waals surface area contributed by atoms with Crippen molar-refractivity contribution in [1.29, 1.82) is 0 Å². The average molecular weight is 847 g/mol. The Morgan fingerprint density at radius 1 is 0.636 bits per heavy atom. The number of unbranched alkanes of at least 4 members (excludes halogenated alkanes) is 6. The fourth-order valence-electron chi connectivity index (χ4n) is 6.34. The normalized spacial score (nSPS) is 14.7. The summed E-state index contributed by atoms with van der Waals surface area (Å²) in [6.45, 7) is 13.9. The first-order valence-electron chi connectivity index (χ1n) is 18.6. The first-order valence-corrected chi connectivity index (χ1v) is 35.8. The molecule has 4 rings (SSSR count). The van der Waals surface area contributed by atoms with Crippen molar-refractivity contribution < 1.29 is 0 Å². The molecule has 2 aromatic rings. The molecule has 2 fully saturated rings. The van der Waals surface area contributed by atoms with Crippen LogP contribution in [0.1, 0.15) is 164 Å². The molecule has 0 spiro atoms. The standard InChI is InChI=1S/C6H8N2.C6H7N2.6C4H9.CH4.ClH.2Sn/c2*1-4-7-8(5-1)6-2-3-6;6*1-3-4-2;;;;/h1,4-6H,2-3H2;1,4,6H,2-3H2;6*1,3-4H2,2H3;1H4;1H;;/q;;;;;;;;;;;+1/p-1. The molecule has 0 atom stereocenters. The number of halogens is 1. The van der Waals surface area contributed by atoms with E-state index in [1.165, 1.54) is 116 Å². The van der Waals surface area contributed by atoms with Crippen molar-refractivity contribution in [3.63, 3.8) is 0 Å². The molecule has 2 aliphatic carbocycles. The summed E-state index contributed by atoms with van der Waals surface area (Å²) in [6, 6.07) is 5.90. The van der Waals surface area contributed by atoms with Gasteiger partial charge in [-0.05, 0) is 18.9 Å². The summed E-state index contributed by atoms with van der Waals surface area (Å²) in [7, 11) is 6.89. The molecule has 44 heavy (non-hydrogen) atoms. The Morgan fingerprint density at radius 3 is 1.43 bits per heavy atom. The van der Waals surface area contributed by atoms with Gasteiger partial charge >= 0.3 is 234 Å². The molecule has 7 heteroatoms. The first kappa shape index (κ1) is 42.3. The van der Waals surface area contributed by atoms with Crippen molar-refractivity contribution in [2.75, 3.05) is 0 Å². The molecule has 0 aliphatic heterocycles. The molecule has 0 bridgehead atoms. The van der Waals surface area contributed by atoms with Gasteiger partial charge in [0.25, 0.3) is 0 Å². The summed E-state index contributed by atoms with van der Waals surface area (Å²) in [5.41, 5.74) is 0. The van der Waals surface area contributed by atoms with Gasteiger partial charge in [0.1, 0.15) is 0 Å². The zero-order chi connectivity index (χ0) is 31.4. The van der Waals surface area contributed by atoms with Gasteiger partial charge in [-0.15, -0.1) is 0 Å². The second-order valence-corrected chi connectivity index (χ2v) is 42.9. The molecule has 2 saturated carbocycles. The summed E-state index contributed by atoms with van der Waals surface area (Å²) in [4.78, 5) is 0. The van der Waals surface area contributed by atoms with Crippen molar-refractivity contribution in [2.24, 2.45) is 0 Å². The third-order valence-corrected chi connectivity index (χ3v) is 39.5. The van der Waals surface area contributed by atoms with Gasteiger partial charge in [-0.3, -0.25) is 4.68 Å². The number of rotatable bonds is 21. The number of hydrogen-bond acceptors (Lipinski definition) is 2. The molecule has 0 amide bonds. The molecule has 0 aromatic carbocycles. The Hall–Kier alpha value is 0.307. The van der Waals surface area contributed by atoms with Crippen LogP contribution in [-0.2, 0) is 0 Å². The van der Waals surface area contributed by atoms with Crippen LogP contribution in [0.5, 0.6) is 0 Å². The van der Waals surface area contributed by atoms with Gasteiger partial charge in [0, 0.05) is 12.4 Å². The zero-order valence-electron chi connectivity index (χ0n) is 29.3. The van der Waals surface area contributed by atoms with Gasteiger partial charge < -0.3 is 0 Å². The van der Waals surface area contributed by atoms with E-state index in [9.17, 15) is 0 Å². The van der Waals surface area contributed by atoms with E-state index in [2.05, 4.69) is 63.6 Å². The van der Waals surface area contributed by atoms with Gasteiger partial charge in [0.05, 0.1) is 6.04 Å². The second-order valence-electron chi connectivity index (χ2n) is 13.7. The Kier molecular flexibility index (Phi) is 23.5. The average Bonchev–Trinajstić information content (AvgIpc) is 3.96. The summed E-state index contributed by atoms with van der Waals surface area (Å²) < 4.78 is 15.2. The molecular formula is C37H73ClN4Sn2. The second kappa shape index (κ2) is 24.4. The van der Waals surface area contributed by atoms with Gasteiger partial charge in [-0.1, -0.05) is 7.43 Å². The van der Waals surface area contributed by atoms with Gasteiger partial charge in [-0.25, -0.2) is 0 Å². The van der Waals surface area contributed by atoms with Crippen LogP contribution in [-0.4, -0.2) is 55.2 Å². The molecule has 2 aliphatic rings. The van der Waals surface area contributed by atoms with E-state index in [0.717, 1.165) is 12.1 Å². The molecule has 2 heterocycles. The van der Waals surface area contributed by atoms with Gasteiger partial charge in [0.2, 0.25) is 0 Å². The van der Waals surface area contributed by atoms with Crippen LogP contribution in [0, 0.1) is 0 Å². The molecular weight excluding hydrogens is 773 g/mol. The van der Waals surface area contributed by atoms with Crippen molar-refractivity contribution >= 4 is 48.3 Å². The molecule has 4 nitrogen and oxygen atoms in total. The minimum absolute atomic E-state index is 0. The topological polar surface area (TPSA) is 35.6 Å². The van der Waals surface area contributed by atoms with Crippen LogP contribution >= 0.6 is 8.92 Å². The Morgan fingerprint density at radius 2 is 1.07 bits per heavy atom. The fraction of sp³-hybridized carbons (Fsp3) is 0.838. The molecule has 256 valence electrons. The quantitative estimate of drug-likeness (QED) is 0.117. The Labute approximate surface area is 286 Å². The maximum atomic E-state index is 6.89. The fourth-order valence-corrected chi connectivity index (χ4v) is 36.1. The van der Waals surface area contributed by atoms with Crippen molar-refractivity contribution in [3.8, 4) is 0 Å². The minimum atomic E-state index is -2.24. The van der Waals surface area contributed by atoms with E-state index in [4.69, 9.17) is 14.0 Å². The van der Waals surface area contributed by atoms with E-state index in [1.807, 2.05) is 23.1 Å². The Balaban J connectivity index is 0.000000361. The number of hydrogen-bond donors (Lipinski definition) is 0. The number of nitrogens with zero attached hydrogens (tertiary/aromatic N) is 4. The maximum Gasteiger partial charge on any atom is 0.0520 e. The molecule has 0 saturated heterocycles. The van der Waals surface area contributed by atoms with E-state index >= 15 is 0 Å². The molecule has 0 radical (unpaired) electrons. The summed E-state index contributed by atoms with van der Waals surface area (Å²) in [5, 5.41) is 8.83. The van der Waals surface area contributed by atoms with Crippen LogP contribution in [0.25, 0.3) is 0 Å². The van der Waals surface area contributed by atoms with Crippen molar-refractivity contribution in [3.05, 3.63) is 30.7 Å². The first-order chi connectivity index (χ1) is 20.9. The SMILES string of the molecule is C.CCC[CH2][Sn]([CH2]CCC)([CH2]CCC)[c]1ccnn1C1CC1.CCC[CH2][Sn]([Cl])([CH2]CCC)[CH2]CCC.c1cnn(C2CC2)c1. The van der Waals surface area contributed by atoms with E-state index in [-0.39, 0.29) is 7.43 Å². The van der Waals surface area contributed by atoms with E-state index in [1.54, 1.807) is 17.0 Å². The largest absolute Gasteiger partial charge is 0.270 e. The summed E-state index contributed by atoms with van der Waals surface area (Å²) in [6.07, 6.45) is 27.8. The molecule has 2 aromatic heterocycles. The van der Waals surface area contributed by atoms with Gasteiger partial charge in [0.15, 0.2) is 0 Å². The smallest absolute Gasteiger partial charge is 0.0520 e. The summed E-state index contributed by atoms with van der Waals surface area (Å²) in [5.74, 6) is 0. The zero-order valence-corrected chi connectivity index (χ0v) is 35.7. The monoisotopic (exact) mass is 848 g/mol. The third-order valence-electron chi connectivity index (χ3n) is 9.51. The predicted octanol–water partition coefficient (Wildman–Crippen LogP) is 12.7. The van der Waals surface area contributed by atoms with Crippen LogP contribution < -0.4 is 3.71 Å². The van der Waals surface area contributed by atoms with Crippen LogP contribution in [0.15, 0.2) is 30.7 Å². The Bertz CT molecular complexity index is 880. The van der Waals surface area contributed by atoms with Crippen LogP contribution in [0.4, 0.5) is 0 Å². The third kappa shape index (κ3) is 15.9. The maximum absolute atomic E-state index is 6.89. The number of aromatic nitrogens is 4. The summed E-state index contributed by atoms with van der Waals surface area (Å²) >= 11 is -4.33. The minimum Gasteiger partial charge on any atom is -0.270 e. The van der Waals surface area contributed by atoms with Gasteiger partial charge in [-0.2, -0.15) is 5.10 Å². The van der Waals surface area contributed by atoms with Crippen molar-refractivity contribution in [1.82, 2.24) is 19.6 Å². The molecule has 0 unspecified atom stereocenters. The van der Waals surface area contributed by atoms with E-state index in [0.29, 0.717) is 0 Å². The van der Waals surface area contributed by atoms with Crippen molar-refractivity contribution in [2.45, 2.75) is 190 Å². The molecule has 0 N–H and O–H groups in total. The predicted molar refractivity (Wildman–Crippen MR) is 203 cm³/mol.